The van der Waals surface area contributed by atoms with Gasteiger partial charge >= 0.3 is 29.6 Å². The molecule has 0 amide bonds. The van der Waals surface area contributed by atoms with Gasteiger partial charge in [-0.15, -0.1) is 0 Å². The van der Waals surface area contributed by atoms with Crippen molar-refractivity contribution in [3.63, 3.8) is 0 Å². The van der Waals surface area contributed by atoms with E-state index in [0.29, 0.717) is 0 Å². The molecular formula is H6F4NNa. The molecule has 0 aromatic carbocycles. The maximum atomic E-state index is 0. The van der Waals surface area contributed by atoms with Crippen molar-refractivity contribution in [1.82, 2.24) is 6.15 Å². The molecule has 0 spiro atoms. The average Bonchev–Trinajstić information content (AvgIpc) is 0. The van der Waals surface area contributed by atoms with E-state index in [-0.39, 0.29) is 54.5 Å². The van der Waals surface area contributed by atoms with E-state index >= 15 is 0 Å². The minimum absolute atomic E-state index is 0. The molecule has 0 aliphatic carbocycles. The van der Waals surface area contributed by atoms with Gasteiger partial charge in [0.15, 0.2) is 0 Å². The monoisotopic (exact) mass is 119 g/mol. The van der Waals surface area contributed by atoms with Gasteiger partial charge in [-0.25, -0.2) is 0 Å². The van der Waals surface area contributed by atoms with Gasteiger partial charge in [-0.3, -0.25) is 14.1 Å². The van der Waals surface area contributed by atoms with Crippen LogP contribution < -0.4 is 40.4 Å². The first-order valence-electron chi connectivity index (χ1n) is 0. The first-order valence-corrected chi connectivity index (χ1v) is 0. The van der Waals surface area contributed by atoms with E-state index < -0.39 is 0 Å². The molecule has 6 heavy (non-hydrogen) atoms. The topological polar surface area (TPSA) is 35.0 Å². The van der Waals surface area contributed by atoms with Crippen LogP contribution in [0.3, 0.4) is 0 Å². The Morgan fingerprint density at radius 3 is 0.667 bits per heavy atom. The second kappa shape index (κ2) is 269. The normalized spacial score (nSPS) is 0. The van der Waals surface area contributed by atoms with Gasteiger partial charge < -0.3 is 10.9 Å². The van der Waals surface area contributed by atoms with Gasteiger partial charge in [0.05, 0.1) is 0 Å². The van der Waals surface area contributed by atoms with Crippen LogP contribution in [0.2, 0.25) is 0 Å². The van der Waals surface area contributed by atoms with Gasteiger partial charge in [-0.05, 0) is 0 Å². The fourth-order valence-electron chi connectivity index (χ4n) is 0. The Morgan fingerprint density at radius 2 is 0.667 bits per heavy atom. The van der Waals surface area contributed by atoms with Crippen molar-refractivity contribution in [2.75, 3.05) is 0 Å². The third-order valence-corrected chi connectivity index (χ3v) is 0. The van der Waals surface area contributed by atoms with Crippen LogP contribution in [-0.2, 0) is 0 Å². The van der Waals surface area contributed by atoms with Gasteiger partial charge in [0, 0.05) is 0 Å². The molecule has 0 saturated heterocycles. The van der Waals surface area contributed by atoms with Crippen molar-refractivity contribution in [1.29, 1.82) is 0 Å². The zero-order chi connectivity index (χ0) is 0. The van der Waals surface area contributed by atoms with Crippen LogP contribution in [0.1, 0.15) is 0 Å². The van der Waals surface area contributed by atoms with Crippen molar-refractivity contribution in [2.45, 2.75) is 0 Å². The quantitative estimate of drug-likeness (QED) is 0.251. The van der Waals surface area contributed by atoms with Crippen LogP contribution in [0.5, 0.6) is 0 Å². The molecule has 0 bridgehead atoms. The third kappa shape index (κ3) is 137. The average molecular weight is 119 g/mol. The van der Waals surface area contributed by atoms with Crippen LogP contribution >= 0.6 is 0 Å². The predicted octanol–water partition coefficient (Wildman–Crippen LogP) is -5.37. The Kier molecular flexibility index (Phi) is 20900. The minimum atomic E-state index is 0. The van der Waals surface area contributed by atoms with Crippen molar-refractivity contribution in [3.05, 3.63) is 0 Å². The standard InChI is InChI=1S/4FH.H3N.Na/h4*1H;1H3;/q;;;;;+1/p-1. The van der Waals surface area contributed by atoms with Crippen LogP contribution in [0.25, 0.3) is 0 Å². The van der Waals surface area contributed by atoms with Crippen LogP contribution in [0, 0.1) is 0 Å². The SMILES string of the molecule is F.F.F.N.[F-].[Na+]. The van der Waals surface area contributed by atoms with Gasteiger partial charge in [0.25, 0.3) is 0 Å². The maximum Gasteiger partial charge on any atom is 1.00 e. The van der Waals surface area contributed by atoms with Crippen LogP contribution in [0.4, 0.5) is 14.1 Å². The van der Waals surface area contributed by atoms with E-state index in [0.717, 1.165) is 0 Å². The van der Waals surface area contributed by atoms with Crippen LogP contribution in [-0.4, -0.2) is 0 Å². The Morgan fingerprint density at radius 1 is 0.667 bits per heavy atom. The molecule has 0 atom stereocenters. The molecule has 0 saturated carbocycles. The van der Waals surface area contributed by atoms with Gasteiger partial charge in [-0.1, -0.05) is 0 Å². The summed E-state index contributed by atoms with van der Waals surface area (Å²) in [5.41, 5.74) is 0. The first-order chi connectivity index (χ1) is 0. The van der Waals surface area contributed by atoms with Crippen LogP contribution in [0.15, 0.2) is 0 Å². The van der Waals surface area contributed by atoms with Crippen molar-refractivity contribution >= 4 is 0 Å². The molecular weight excluding hydrogens is 113 g/mol. The molecule has 0 rings (SSSR count). The van der Waals surface area contributed by atoms with Crippen molar-refractivity contribution < 1.29 is 48.4 Å². The van der Waals surface area contributed by atoms with E-state index in [2.05, 4.69) is 0 Å². The summed E-state index contributed by atoms with van der Waals surface area (Å²) in [4.78, 5) is 0. The second-order valence-corrected chi connectivity index (χ2v) is 0. The molecule has 3 N–H and O–H groups in total. The zero-order valence-corrected chi connectivity index (χ0v) is 5.31. The molecule has 0 fully saturated rings. The summed E-state index contributed by atoms with van der Waals surface area (Å²) >= 11 is 0. The minimum Gasteiger partial charge on any atom is -1.00 e. The summed E-state index contributed by atoms with van der Waals surface area (Å²) in [6.45, 7) is 0. The Bertz CT molecular complexity index is 7.51. The smallest absolute Gasteiger partial charge is 1.00 e. The van der Waals surface area contributed by atoms with Gasteiger partial charge in [0.1, 0.15) is 0 Å². The summed E-state index contributed by atoms with van der Waals surface area (Å²) in [6.07, 6.45) is 0. The first kappa shape index (κ1) is 466. The summed E-state index contributed by atoms with van der Waals surface area (Å²) < 4.78 is 0. The Labute approximate surface area is 54.8 Å². The van der Waals surface area contributed by atoms with E-state index in [1.54, 1.807) is 0 Å². The number of halogens is 4. The summed E-state index contributed by atoms with van der Waals surface area (Å²) in [7, 11) is 0. The summed E-state index contributed by atoms with van der Waals surface area (Å²) in [6, 6.07) is 0. The fourth-order valence-corrected chi connectivity index (χ4v) is 0. The molecule has 0 radical (unpaired) electrons. The van der Waals surface area contributed by atoms with Crippen molar-refractivity contribution in [2.24, 2.45) is 0 Å². The Balaban J connectivity index is 0. The third-order valence-electron chi connectivity index (χ3n) is 0. The van der Waals surface area contributed by atoms with Crippen molar-refractivity contribution in [3.8, 4) is 0 Å². The number of rotatable bonds is 0. The number of hydrogen-bond donors (Lipinski definition) is 1. The molecule has 6 heteroatoms. The van der Waals surface area contributed by atoms with E-state index in [4.69, 9.17) is 0 Å². The van der Waals surface area contributed by atoms with E-state index in [9.17, 15) is 0 Å². The van der Waals surface area contributed by atoms with Gasteiger partial charge in [0.2, 0.25) is 0 Å². The molecule has 0 aromatic heterocycles. The molecule has 0 aromatic rings. The molecule has 1 nitrogen and oxygen atoms in total. The van der Waals surface area contributed by atoms with E-state index in [1.165, 1.54) is 0 Å². The largest absolute Gasteiger partial charge is 1.00 e. The summed E-state index contributed by atoms with van der Waals surface area (Å²) in [5.74, 6) is 0. The molecule has 0 heterocycles. The second-order valence-electron chi connectivity index (χ2n) is 0. The van der Waals surface area contributed by atoms with E-state index in [1.807, 2.05) is 0 Å². The van der Waals surface area contributed by atoms with Gasteiger partial charge in [-0.2, -0.15) is 0 Å². The summed E-state index contributed by atoms with van der Waals surface area (Å²) in [5, 5.41) is 0. The molecule has 0 aliphatic rings. The predicted molar refractivity (Wildman–Crippen MR) is 12.5 cm³/mol. The Hall–Kier alpha value is 0.680. The fraction of sp³-hybridized carbons (Fsp3) is 0. The zero-order valence-electron chi connectivity index (χ0n) is 3.31. The molecule has 0 unspecified atom stereocenters. The maximum absolute atomic E-state index is 0. The number of hydrogen-bond acceptors (Lipinski definition) is 1. The molecule has 0 aliphatic heterocycles. The molecule has 40 valence electrons.